The van der Waals surface area contributed by atoms with E-state index >= 15 is 0 Å². The maximum atomic E-state index is 12.1. The first-order chi connectivity index (χ1) is 8.00. The second-order valence-electron chi connectivity index (χ2n) is 5.85. The van der Waals surface area contributed by atoms with Gasteiger partial charge in [-0.2, -0.15) is 0 Å². The van der Waals surface area contributed by atoms with E-state index in [-0.39, 0.29) is 30.0 Å². The monoisotopic (exact) mass is 276 g/mol. The molecule has 1 unspecified atom stereocenters. The summed E-state index contributed by atoms with van der Waals surface area (Å²) in [7, 11) is 0. The molecule has 0 bridgehead atoms. The van der Waals surface area contributed by atoms with E-state index in [4.69, 9.17) is 5.73 Å². The van der Waals surface area contributed by atoms with Crippen LogP contribution in [0.4, 0.5) is 0 Å². The normalized spacial score (nSPS) is 24.9. The van der Waals surface area contributed by atoms with Gasteiger partial charge >= 0.3 is 0 Å². The fraction of sp³-hybridized carbons (Fsp3) is 0.923. The first-order valence-electron chi connectivity index (χ1n) is 6.75. The van der Waals surface area contributed by atoms with Gasteiger partial charge in [0.25, 0.3) is 0 Å². The zero-order valence-corrected chi connectivity index (χ0v) is 11.9. The van der Waals surface area contributed by atoms with E-state index in [0.717, 1.165) is 45.2 Å². The summed E-state index contributed by atoms with van der Waals surface area (Å²) in [5, 5.41) is 9.51. The molecule has 1 amide bonds. The second kappa shape index (κ2) is 6.22. The molecule has 1 atom stereocenters. The number of amides is 1. The number of aliphatic hydroxyl groups excluding tert-OH is 1. The van der Waals surface area contributed by atoms with Crippen LogP contribution in [-0.2, 0) is 4.79 Å². The van der Waals surface area contributed by atoms with E-state index in [1.807, 2.05) is 11.8 Å². The third kappa shape index (κ3) is 3.59. The van der Waals surface area contributed by atoms with Gasteiger partial charge in [0.1, 0.15) is 0 Å². The molecule has 106 valence electrons. The summed E-state index contributed by atoms with van der Waals surface area (Å²) in [5.74, 6) is 0.561. The molecule has 4 nitrogen and oxygen atoms in total. The number of piperidine rings is 1. The molecule has 2 aliphatic rings. The van der Waals surface area contributed by atoms with E-state index in [2.05, 4.69) is 0 Å². The predicted octanol–water partition coefficient (Wildman–Crippen LogP) is 1.30. The molecule has 3 N–H and O–H groups in total. The highest BCUT2D eigenvalue weighted by Crippen LogP contribution is 2.33. The number of rotatable bonds is 3. The molecular formula is C13H25ClN2O2. The van der Waals surface area contributed by atoms with Gasteiger partial charge in [0, 0.05) is 25.0 Å². The summed E-state index contributed by atoms with van der Waals surface area (Å²) < 4.78 is 0. The number of hydrogen-bond acceptors (Lipinski definition) is 3. The molecule has 0 radical (unpaired) electrons. The number of carbonyl (C=O) groups is 1. The maximum absolute atomic E-state index is 12.1. The summed E-state index contributed by atoms with van der Waals surface area (Å²) in [6, 6.07) is 0. The Morgan fingerprint density at radius 3 is 2.39 bits per heavy atom. The second-order valence-corrected chi connectivity index (χ2v) is 5.85. The first-order valence-corrected chi connectivity index (χ1v) is 6.75. The lowest BCUT2D eigenvalue weighted by Crippen LogP contribution is -2.51. The summed E-state index contributed by atoms with van der Waals surface area (Å²) in [4.78, 5) is 14.0. The fourth-order valence-electron chi connectivity index (χ4n) is 2.85. The van der Waals surface area contributed by atoms with Crippen molar-refractivity contribution in [2.24, 2.45) is 11.7 Å². The number of likely N-dealkylation sites (tertiary alicyclic amines) is 1. The topological polar surface area (TPSA) is 66.6 Å². The van der Waals surface area contributed by atoms with Gasteiger partial charge in [0.05, 0.1) is 6.10 Å². The molecule has 0 aromatic heterocycles. The number of hydrogen-bond donors (Lipinski definition) is 2. The van der Waals surface area contributed by atoms with Crippen molar-refractivity contribution >= 4 is 18.3 Å². The standard InChI is InChI=1S/C13H24N2O2.ClH/c1-10(16)11-3-7-15(8-4-11)12(17)9-13(14)5-2-6-13;/h10-11,16H,2-9,14H2,1H3;1H. The molecule has 2 fully saturated rings. The van der Waals surface area contributed by atoms with E-state index in [1.165, 1.54) is 0 Å². The van der Waals surface area contributed by atoms with Crippen molar-refractivity contribution in [2.75, 3.05) is 13.1 Å². The Labute approximate surface area is 115 Å². The quantitative estimate of drug-likeness (QED) is 0.817. The van der Waals surface area contributed by atoms with E-state index in [1.54, 1.807) is 0 Å². The van der Waals surface area contributed by atoms with Crippen LogP contribution in [0.3, 0.4) is 0 Å². The minimum Gasteiger partial charge on any atom is -0.393 e. The SMILES string of the molecule is CC(O)C1CCN(C(=O)CC2(N)CCC2)CC1.Cl. The van der Waals surface area contributed by atoms with Crippen LogP contribution in [-0.4, -0.2) is 40.6 Å². The lowest BCUT2D eigenvalue weighted by Gasteiger charge is -2.40. The molecule has 0 spiro atoms. The lowest BCUT2D eigenvalue weighted by atomic mass is 9.75. The third-order valence-electron chi connectivity index (χ3n) is 4.43. The van der Waals surface area contributed by atoms with Gasteiger partial charge in [-0.25, -0.2) is 0 Å². The largest absolute Gasteiger partial charge is 0.393 e. The Morgan fingerprint density at radius 2 is 2.00 bits per heavy atom. The van der Waals surface area contributed by atoms with Crippen LogP contribution < -0.4 is 5.73 Å². The molecular weight excluding hydrogens is 252 g/mol. The highest BCUT2D eigenvalue weighted by molar-refractivity contribution is 5.85. The number of carbonyl (C=O) groups excluding carboxylic acids is 1. The predicted molar refractivity (Wildman–Crippen MR) is 73.6 cm³/mol. The number of halogens is 1. The van der Waals surface area contributed by atoms with Crippen molar-refractivity contribution in [1.82, 2.24) is 4.90 Å². The summed E-state index contributed by atoms with van der Waals surface area (Å²) >= 11 is 0. The lowest BCUT2D eigenvalue weighted by molar-refractivity contribution is -0.135. The highest BCUT2D eigenvalue weighted by atomic mass is 35.5. The molecule has 1 saturated heterocycles. The Hall–Kier alpha value is -0.320. The number of nitrogens with zero attached hydrogens (tertiary/aromatic N) is 1. The van der Waals surface area contributed by atoms with Crippen molar-refractivity contribution in [3.63, 3.8) is 0 Å². The van der Waals surface area contributed by atoms with Crippen molar-refractivity contribution in [2.45, 2.75) is 57.1 Å². The molecule has 1 heterocycles. The summed E-state index contributed by atoms with van der Waals surface area (Å²) in [5.41, 5.74) is 5.89. The van der Waals surface area contributed by atoms with E-state index < -0.39 is 0 Å². The summed E-state index contributed by atoms with van der Waals surface area (Å²) in [6.45, 7) is 3.40. The zero-order chi connectivity index (χ0) is 12.5. The van der Waals surface area contributed by atoms with E-state index in [9.17, 15) is 9.90 Å². The Kier molecular flexibility index (Phi) is 5.44. The molecule has 0 aromatic rings. The Balaban J connectivity index is 0.00000162. The molecule has 0 aromatic carbocycles. The molecule has 18 heavy (non-hydrogen) atoms. The van der Waals surface area contributed by atoms with Crippen LogP contribution in [0.1, 0.15) is 45.4 Å². The van der Waals surface area contributed by atoms with Crippen LogP contribution in [0, 0.1) is 5.92 Å². The highest BCUT2D eigenvalue weighted by Gasteiger charge is 2.36. The van der Waals surface area contributed by atoms with Gasteiger partial charge in [0.2, 0.25) is 5.91 Å². The van der Waals surface area contributed by atoms with Gasteiger partial charge in [-0.15, -0.1) is 12.4 Å². The van der Waals surface area contributed by atoms with Crippen molar-refractivity contribution < 1.29 is 9.90 Å². The first kappa shape index (κ1) is 15.7. The van der Waals surface area contributed by atoms with Crippen LogP contribution in [0.5, 0.6) is 0 Å². The van der Waals surface area contributed by atoms with Gasteiger partial charge in [-0.1, -0.05) is 0 Å². The van der Waals surface area contributed by atoms with Crippen molar-refractivity contribution in [3.05, 3.63) is 0 Å². The molecule has 5 heteroatoms. The average molecular weight is 277 g/mol. The fourth-order valence-corrected chi connectivity index (χ4v) is 2.85. The Bertz CT molecular complexity index is 285. The van der Waals surface area contributed by atoms with E-state index in [0.29, 0.717) is 12.3 Å². The minimum absolute atomic E-state index is 0. The van der Waals surface area contributed by atoms with Crippen molar-refractivity contribution in [3.8, 4) is 0 Å². The maximum Gasteiger partial charge on any atom is 0.224 e. The molecule has 2 rings (SSSR count). The smallest absolute Gasteiger partial charge is 0.224 e. The minimum atomic E-state index is -0.250. The molecule has 1 aliphatic carbocycles. The van der Waals surface area contributed by atoms with Gasteiger partial charge in [0.15, 0.2) is 0 Å². The van der Waals surface area contributed by atoms with Crippen LogP contribution in [0.25, 0.3) is 0 Å². The Morgan fingerprint density at radius 1 is 1.44 bits per heavy atom. The van der Waals surface area contributed by atoms with Crippen LogP contribution >= 0.6 is 12.4 Å². The van der Waals surface area contributed by atoms with Crippen LogP contribution in [0.2, 0.25) is 0 Å². The number of nitrogens with two attached hydrogens (primary N) is 1. The van der Waals surface area contributed by atoms with Gasteiger partial charge < -0.3 is 15.7 Å². The molecule has 1 saturated carbocycles. The third-order valence-corrected chi connectivity index (χ3v) is 4.43. The average Bonchev–Trinajstić information content (AvgIpc) is 2.27. The summed E-state index contributed by atoms with van der Waals surface area (Å²) in [6.07, 6.45) is 5.23. The molecule has 1 aliphatic heterocycles. The van der Waals surface area contributed by atoms with Gasteiger partial charge in [-0.3, -0.25) is 4.79 Å². The van der Waals surface area contributed by atoms with Crippen LogP contribution in [0.15, 0.2) is 0 Å². The van der Waals surface area contributed by atoms with Crippen molar-refractivity contribution in [1.29, 1.82) is 0 Å². The number of aliphatic hydroxyl groups is 1. The van der Waals surface area contributed by atoms with Gasteiger partial charge in [-0.05, 0) is 44.9 Å². The zero-order valence-electron chi connectivity index (χ0n) is 11.1.